The lowest BCUT2D eigenvalue weighted by Crippen LogP contribution is -2.63. The minimum atomic E-state index is -2.75. The summed E-state index contributed by atoms with van der Waals surface area (Å²) in [5, 5.41) is 10.8. The number of carbonyl (C=O) groups is 3. The summed E-state index contributed by atoms with van der Waals surface area (Å²) in [6, 6.07) is 15.8. The van der Waals surface area contributed by atoms with Crippen LogP contribution in [0.3, 0.4) is 0 Å². The second kappa shape index (κ2) is 13.1. The number of alkyl halides is 2. The molecule has 3 rings (SSSR count). The largest absolute Gasteiger partial charge is 0.479 e. The number of aliphatic carboxylic acids is 1. The van der Waals surface area contributed by atoms with Crippen LogP contribution in [-0.2, 0) is 32.1 Å². The first-order valence-electron chi connectivity index (χ1n) is 14.2. The summed E-state index contributed by atoms with van der Waals surface area (Å²) in [6.45, 7) is 8.41. The number of ether oxygens (including phenoxy) is 2. The van der Waals surface area contributed by atoms with Crippen LogP contribution in [0.1, 0.15) is 58.6 Å². The average molecular weight is 589 g/mol. The minimum absolute atomic E-state index is 0.0515. The first kappa shape index (κ1) is 32.8. The van der Waals surface area contributed by atoms with Gasteiger partial charge in [0.15, 0.2) is 5.54 Å². The molecule has 0 aromatic heterocycles. The van der Waals surface area contributed by atoms with E-state index in [4.69, 9.17) is 9.47 Å². The summed E-state index contributed by atoms with van der Waals surface area (Å²) in [6.07, 6.45) is -1.23. The Bertz CT molecular complexity index is 1230. The summed E-state index contributed by atoms with van der Waals surface area (Å²) in [5.74, 6) is -6.44. The second-order valence-corrected chi connectivity index (χ2v) is 12.4. The van der Waals surface area contributed by atoms with E-state index in [1.165, 1.54) is 7.05 Å². The summed E-state index contributed by atoms with van der Waals surface area (Å²) in [4.78, 5) is 43.0. The van der Waals surface area contributed by atoms with Crippen molar-refractivity contribution in [3.05, 3.63) is 65.7 Å². The Kier molecular flexibility index (Phi) is 10.2. The lowest BCUT2D eigenvalue weighted by Gasteiger charge is -2.44. The lowest BCUT2D eigenvalue weighted by atomic mass is 9.73. The standard InChI is InChI=1S/C32H42F2N2O6/c1-22(2)19-32(28(38)39,35(6)29(40)42-30(3,4)5)26(27(37)41-20-24-10-8-7-9-11-24)18-23-12-14-25(15-13-23)36-17-16-31(33,34)21-36/h7-15,22,26H,16-21H2,1-6H3,(H,38,39)/t26-,32-/m0/s1. The number of esters is 1. The van der Waals surface area contributed by atoms with Crippen LogP contribution in [0.5, 0.6) is 0 Å². The van der Waals surface area contributed by atoms with Gasteiger partial charge in [-0.2, -0.15) is 0 Å². The van der Waals surface area contributed by atoms with Crippen molar-refractivity contribution >= 4 is 23.7 Å². The molecule has 1 heterocycles. The highest BCUT2D eigenvalue weighted by Crippen LogP contribution is 2.37. The van der Waals surface area contributed by atoms with E-state index in [2.05, 4.69) is 0 Å². The number of likely N-dealkylation sites (N-methyl/N-ethyl adjacent to an activating group) is 1. The Hall–Kier alpha value is -3.69. The van der Waals surface area contributed by atoms with Crippen LogP contribution in [0.2, 0.25) is 0 Å². The van der Waals surface area contributed by atoms with Gasteiger partial charge in [0.1, 0.15) is 12.2 Å². The molecule has 0 aliphatic carbocycles. The van der Waals surface area contributed by atoms with Gasteiger partial charge in [-0.25, -0.2) is 18.4 Å². The minimum Gasteiger partial charge on any atom is -0.479 e. The van der Waals surface area contributed by atoms with Crippen molar-refractivity contribution in [2.75, 3.05) is 25.0 Å². The molecule has 0 radical (unpaired) electrons. The SMILES string of the molecule is CC(C)C[C@@](C(=O)O)([C@@H](Cc1ccc(N2CCC(F)(F)C2)cc1)C(=O)OCc1ccccc1)N(C)C(=O)OC(C)(C)C. The van der Waals surface area contributed by atoms with E-state index < -0.39 is 41.0 Å². The van der Waals surface area contributed by atoms with Crippen LogP contribution in [0.4, 0.5) is 19.3 Å². The predicted molar refractivity (Wildman–Crippen MR) is 155 cm³/mol. The maximum atomic E-state index is 13.9. The van der Waals surface area contributed by atoms with E-state index in [0.29, 0.717) is 11.3 Å². The van der Waals surface area contributed by atoms with Crippen LogP contribution >= 0.6 is 0 Å². The molecular formula is C32H42F2N2O6. The van der Waals surface area contributed by atoms with Crippen LogP contribution in [0, 0.1) is 11.8 Å². The average Bonchev–Trinajstić information content (AvgIpc) is 3.27. The molecular weight excluding hydrogens is 546 g/mol. The highest BCUT2D eigenvalue weighted by atomic mass is 19.3. The van der Waals surface area contributed by atoms with Gasteiger partial charge in [-0.05, 0) is 62.8 Å². The van der Waals surface area contributed by atoms with Gasteiger partial charge in [-0.1, -0.05) is 56.3 Å². The number of rotatable bonds is 11. The van der Waals surface area contributed by atoms with Gasteiger partial charge in [0, 0.05) is 25.7 Å². The number of amides is 1. The van der Waals surface area contributed by atoms with Gasteiger partial charge in [0.05, 0.1) is 12.5 Å². The van der Waals surface area contributed by atoms with Crippen LogP contribution in [0.15, 0.2) is 54.6 Å². The first-order chi connectivity index (χ1) is 19.5. The zero-order chi connectivity index (χ0) is 31.3. The van der Waals surface area contributed by atoms with Gasteiger partial charge in [-0.15, -0.1) is 0 Å². The number of hydrogen-bond donors (Lipinski definition) is 1. The van der Waals surface area contributed by atoms with Gasteiger partial charge < -0.3 is 19.5 Å². The lowest BCUT2D eigenvalue weighted by molar-refractivity contribution is -0.169. The molecule has 2 atom stereocenters. The first-order valence-corrected chi connectivity index (χ1v) is 14.2. The van der Waals surface area contributed by atoms with Gasteiger partial charge in [-0.3, -0.25) is 9.69 Å². The summed E-state index contributed by atoms with van der Waals surface area (Å²) in [5.41, 5.74) is -0.990. The molecule has 2 aromatic rings. The zero-order valence-electron chi connectivity index (χ0n) is 25.2. The fourth-order valence-corrected chi connectivity index (χ4v) is 5.32. The normalized spacial score (nSPS) is 16.9. The van der Waals surface area contributed by atoms with Crippen molar-refractivity contribution in [3.63, 3.8) is 0 Å². The third kappa shape index (κ3) is 8.20. The number of anilines is 1. The highest BCUT2D eigenvalue weighted by Gasteiger charge is 2.56. The number of halogens is 2. The number of nitrogens with zero attached hydrogens (tertiary/aromatic N) is 2. The molecule has 42 heavy (non-hydrogen) atoms. The summed E-state index contributed by atoms with van der Waals surface area (Å²) >= 11 is 0. The molecule has 1 aliphatic rings. The van der Waals surface area contributed by atoms with Crippen molar-refractivity contribution < 1.29 is 37.7 Å². The Labute approximate surface area is 246 Å². The van der Waals surface area contributed by atoms with E-state index in [0.717, 1.165) is 10.5 Å². The Morgan fingerprint density at radius 2 is 1.64 bits per heavy atom. The predicted octanol–water partition coefficient (Wildman–Crippen LogP) is 6.17. The number of benzene rings is 2. The molecule has 1 N–H and O–H groups in total. The smallest absolute Gasteiger partial charge is 0.411 e. The van der Waals surface area contributed by atoms with Crippen molar-refractivity contribution in [1.82, 2.24) is 4.90 Å². The quantitative estimate of drug-likeness (QED) is 0.314. The van der Waals surface area contributed by atoms with Crippen molar-refractivity contribution in [3.8, 4) is 0 Å². The van der Waals surface area contributed by atoms with Crippen LogP contribution in [0.25, 0.3) is 0 Å². The van der Waals surface area contributed by atoms with E-state index >= 15 is 0 Å². The van der Waals surface area contributed by atoms with Crippen molar-refractivity contribution in [2.45, 2.75) is 77.6 Å². The van der Waals surface area contributed by atoms with Gasteiger partial charge >= 0.3 is 18.0 Å². The maximum Gasteiger partial charge on any atom is 0.411 e. The summed E-state index contributed by atoms with van der Waals surface area (Å²) in [7, 11) is 1.33. The molecule has 0 bridgehead atoms. The monoisotopic (exact) mass is 588 g/mol. The van der Waals surface area contributed by atoms with E-state index in [9.17, 15) is 28.3 Å². The number of carbonyl (C=O) groups excluding carboxylic acids is 2. The molecule has 10 heteroatoms. The fraction of sp³-hybridized carbons (Fsp3) is 0.531. The molecule has 0 spiro atoms. The van der Waals surface area contributed by atoms with E-state index in [1.807, 2.05) is 19.9 Å². The highest BCUT2D eigenvalue weighted by molar-refractivity contribution is 5.91. The maximum absolute atomic E-state index is 13.9. The van der Waals surface area contributed by atoms with Crippen LogP contribution < -0.4 is 4.90 Å². The molecule has 1 saturated heterocycles. The molecule has 8 nitrogen and oxygen atoms in total. The fourth-order valence-electron chi connectivity index (χ4n) is 5.32. The Morgan fingerprint density at radius 1 is 1.02 bits per heavy atom. The third-order valence-electron chi connectivity index (χ3n) is 7.35. The molecule has 1 aliphatic heterocycles. The number of hydrogen-bond acceptors (Lipinski definition) is 6. The third-order valence-corrected chi connectivity index (χ3v) is 7.35. The molecule has 2 aromatic carbocycles. The molecule has 0 unspecified atom stereocenters. The summed E-state index contributed by atoms with van der Waals surface area (Å²) < 4.78 is 38.8. The van der Waals surface area contributed by atoms with Crippen molar-refractivity contribution in [2.24, 2.45) is 11.8 Å². The van der Waals surface area contributed by atoms with Crippen molar-refractivity contribution in [1.29, 1.82) is 0 Å². The molecule has 1 amide bonds. The zero-order valence-corrected chi connectivity index (χ0v) is 25.2. The molecule has 1 fully saturated rings. The Balaban J connectivity index is 2.02. The number of carboxylic acid groups (broad SMARTS) is 1. The molecule has 0 saturated carbocycles. The van der Waals surface area contributed by atoms with E-state index in [-0.39, 0.29) is 44.9 Å². The van der Waals surface area contributed by atoms with Gasteiger partial charge in [0.2, 0.25) is 0 Å². The van der Waals surface area contributed by atoms with E-state index in [1.54, 1.807) is 74.2 Å². The Morgan fingerprint density at radius 3 is 2.14 bits per heavy atom. The van der Waals surface area contributed by atoms with Gasteiger partial charge in [0.25, 0.3) is 5.92 Å². The second-order valence-electron chi connectivity index (χ2n) is 12.4. The topological polar surface area (TPSA) is 96.4 Å². The van der Waals surface area contributed by atoms with Crippen LogP contribution in [-0.4, -0.2) is 65.2 Å². The number of carboxylic acids is 1. The molecule has 230 valence electrons.